The minimum absolute atomic E-state index is 0.0460. The minimum Gasteiger partial charge on any atom is -0.478 e. The van der Waals surface area contributed by atoms with Crippen LogP contribution in [0.4, 0.5) is 0 Å². The standard InChI is InChI=1S/C12H7ClN4O4/c13-6-1-2-7(11(18)19)8(3-6)21-10-4-9-15-16-12(20)17(9)5-14-10/h1-5H,(H,16,20)(H,18,19). The van der Waals surface area contributed by atoms with Gasteiger partial charge in [0.25, 0.3) is 0 Å². The molecule has 0 aliphatic carbocycles. The number of ether oxygens (including phenoxy) is 1. The van der Waals surface area contributed by atoms with Crippen LogP contribution in [0, 0.1) is 0 Å². The molecule has 0 spiro atoms. The number of aromatic amines is 1. The maximum atomic E-state index is 11.3. The first-order valence-corrected chi connectivity index (χ1v) is 6.06. The molecule has 0 bridgehead atoms. The number of carbonyl (C=O) groups is 1. The molecule has 8 nitrogen and oxygen atoms in total. The van der Waals surface area contributed by atoms with Crippen molar-refractivity contribution in [2.45, 2.75) is 0 Å². The number of carboxylic acid groups (broad SMARTS) is 1. The van der Waals surface area contributed by atoms with Crippen LogP contribution in [0.15, 0.2) is 35.4 Å². The van der Waals surface area contributed by atoms with Gasteiger partial charge in [0.15, 0.2) is 5.65 Å². The fourth-order valence-corrected chi connectivity index (χ4v) is 1.88. The molecule has 2 N–H and O–H groups in total. The van der Waals surface area contributed by atoms with Crippen LogP contribution in [0.25, 0.3) is 5.65 Å². The molecule has 0 fully saturated rings. The number of benzene rings is 1. The Morgan fingerprint density at radius 2 is 2.19 bits per heavy atom. The van der Waals surface area contributed by atoms with E-state index in [-0.39, 0.29) is 17.2 Å². The predicted octanol–water partition coefficient (Wildman–Crippen LogP) is 1.56. The summed E-state index contributed by atoms with van der Waals surface area (Å²) in [6, 6.07) is 5.54. The number of fused-ring (bicyclic) bond motifs is 1. The lowest BCUT2D eigenvalue weighted by molar-refractivity contribution is 0.0694. The largest absolute Gasteiger partial charge is 0.478 e. The summed E-state index contributed by atoms with van der Waals surface area (Å²) in [4.78, 5) is 26.3. The molecule has 0 atom stereocenters. The Hall–Kier alpha value is -2.87. The number of nitrogens with one attached hydrogen (secondary N) is 1. The van der Waals surface area contributed by atoms with Crippen molar-refractivity contribution >= 4 is 23.2 Å². The smallest absolute Gasteiger partial charge is 0.348 e. The van der Waals surface area contributed by atoms with E-state index >= 15 is 0 Å². The number of halogens is 1. The van der Waals surface area contributed by atoms with E-state index in [0.717, 1.165) is 0 Å². The fourth-order valence-electron chi connectivity index (χ4n) is 1.72. The van der Waals surface area contributed by atoms with Crippen LogP contribution in [0.5, 0.6) is 11.6 Å². The molecule has 9 heteroatoms. The maximum absolute atomic E-state index is 11.3. The highest BCUT2D eigenvalue weighted by molar-refractivity contribution is 6.30. The Morgan fingerprint density at radius 3 is 2.95 bits per heavy atom. The molecule has 2 heterocycles. The van der Waals surface area contributed by atoms with Gasteiger partial charge in [-0.15, -0.1) is 0 Å². The van der Waals surface area contributed by atoms with Crippen molar-refractivity contribution in [3.8, 4) is 11.6 Å². The van der Waals surface area contributed by atoms with Crippen molar-refractivity contribution in [3.05, 3.63) is 51.7 Å². The highest BCUT2D eigenvalue weighted by Crippen LogP contribution is 2.27. The van der Waals surface area contributed by atoms with Gasteiger partial charge in [0, 0.05) is 17.2 Å². The van der Waals surface area contributed by atoms with E-state index in [4.69, 9.17) is 21.4 Å². The highest BCUT2D eigenvalue weighted by Gasteiger charge is 2.14. The van der Waals surface area contributed by atoms with Crippen molar-refractivity contribution in [2.24, 2.45) is 0 Å². The zero-order valence-electron chi connectivity index (χ0n) is 10.3. The van der Waals surface area contributed by atoms with Crippen molar-refractivity contribution in [3.63, 3.8) is 0 Å². The first kappa shape index (κ1) is 13.1. The summed E-state index contributed by atoms with van der Waals surface area (Å²) < 4.78 is 6.61. The van der Waals surface area contributed by atoms with Crippen LogP contribution in [-0.4, -0.2) is 30.7 Å². The monoisotopic (exact) mass is 306 g/mol. The third-order valence-electron chi connectivity index (χ3n) is 2.67. The predicted molar refractivity (Wildman–Crippen MR) is 72.1 cm³/mol. The van der Waals surface area contributed by atoms with Gasteiger partial charge < -0.3 is 9.84 Å². The Bertz CT molecular complexity index is 902. The Morgan fingerprint density at radius 1 is 1.38 bits per heavy atom. The van der Waals surface area contributed by atoms with Crippen LogP contribution in [-0.2, 0) is 0 Å². The summed E-state index contributed by atoms with van der Waals surface area (Å²) >= 11 is 5.83. The summed E-state index contributed by atoms with van der Waals surface area (Å²) in [7, 11) is 0. The van der Waals surface area contributed by atoms with Crippen molar-refractivity contribution in [1.29, 1.82) is 0 Å². The Labute approximate surface area is 121 Å². The summed E-state index contributed by atoms with van der Waals surface area (Å²) in [6.07, 6.45) is 1.22. The number of aromatic nitrogens is 4. The van der Waals surface area contributed by atoms with E-state index < -0.39 is 11.7 Å². The molecule has 0 aliphatic heterocycles. The molecule has 1 aromatic carbocycles. The third-order valence-corrected chi connectivity index (χ3v) is 2.91. The molecule has 2 aromatic heterocycles. The van der Waals surface area contributed by atoms with Crippen LogP contribution in [0.1, 0.15) is 10.4 Å². The Balaban J connectivity index is 2.03. The van der Waals surface area contributed by atoms with Crippen LogP contribution >= 0.6 is 11.6 Å². The molecule has 0 unspecified atom stereocenters. The summed E-state index contributed by atoms with van der Waals surface area (Å²) in [5.41, 5.74) is -0.192. The fraction of sp³-hybridized carbons (Fsp3) is 0. The molecule has 3 aromatic rings. The topological polar surface area (TPSA) is 110 Å². The molecule has 21 heavy (non-hydrogen) atoms. The molecule has 0 aliphatic rings. The van der Waals surface area contributed by atoms with Gasteiger partial charge in [-0.2, -0.15) is 5.10 Å². The summed E-state index contributed by atoms with van der Waals surface area (Å²) in [6.45, 7) is 0. The highest BCUT2D eigenvalue weighted by atomic mass is 35.5. The molecular formula is C12H7ClN4O4. The first-order valence-electron chi connectivity index (χ1n) is 5.68. The van der Waals surface area contributed by atoms with Gasteiger partial charge in [0.1, 0.15) is 17.6 Å². The van der Waals surface area contributed by atoms with E-state index in [1.165, 1.54) is 35.0 Å². The molecule has 0 radical (unpaired) electrons. The van der Waals surface area contributed by atoms with E-state index in [1.807, 2.05) is 0 Å². The quantitative estimate of drug-likeness (QED) is 0.760. The Kier molecular flexibility index (Phi) is 3.07. The lowest BCUT2D eigenvalue weighted by Crippen LogP contribution is -2.09. The van der Waals surface area contributed by atoms with Gasteiger partial charge in [-0.05, 0) is 12.1 Å². The average molecular weight is 307 g/mol. The number of aromatic carboxylic acids is 1. The molecule has 106 valence electrons. The van der Waals surface area contributed by atoms with Gasteiger partial charge >= 0.3 is 11.7 Å². The second kappa shape index (κ2) is 4.91. The molecule has 0 saturated carbocycles. The number of carboxylic acids is 1. The number of rotatable bonds is 3. The van der Waals surface area contributed by atoms with Gasteiger partial charge in [0.05, 0.1) is 0 Å². The van der Waals surface area contributed by atoms with Crippen LogP contribution in [0.2, 0.25) is 5.02 Å². The normalized spacial score (nSPS) is 10.7. The lowest BCUT2D eigenvalue weighted by atomic mass is 10.2. The number of H-pyrrole nitrogens is 1. The van der Waals surface area contributed by atoms with Crippen molar-refractivity contribution < 1.29 is 14.6 Å². The van der Waals surface area contributed by atoms with E-state index in [9.17, 15) is 9.59 Å². The van der Waals surface area contributed by atoms with Crippen LogP contribution < -0.4 is 10.4 Å². The van der Waals surface area contributed by atoms with Crippen LogP contribution in [0.3, 0.4) is 0 Å². The zero-order valence-corrected chi connectivity index (χ0v) is 11.0. The van der Waals surface area contributed by atoms with Gasteiger partial charge in [-0.1, -0.05) is 11.6 Å². The van der Waals surface area contributed by atoms with E-state index in [0.29, 0.717) is 10.7 Å². The number of nitrogens with zero attached hydrogens (tertiary/aromatic N) is 3. The SMILES string of the molecule is O=C(O)c1ccc(Cl)cc1Oc1cc2n[nH]c(=O)n2cn1. The summed E-state index contributed by atoms with van der Waals surface area (Å²) in [5.74, 6) is -1.02. The molecule has 0 saturated heterocycles. The minimum atomic E-state index is -1.15. The number of hydrogen-bond acceptors (Lipinski definition) is 5. The second-order valence-corrected chi connectivity index (χ2v) is 4.47. The van der Waals surface area contributed by atoms with E-state index in [1.54, 1.807) is 0 Å². The van der Waals surface area contributed by atoms with Gasteiger partial charge in [0.2, 0.25) is 5.88 Å². The molecule has 0 amide bonds. The second-order valence-electron chi connectivity index (χ2n) is 4.03. The van der Waals surface area contributed by atoms with E-state index in [2.05, 4.69) is 15.2 Å². The average Bonchev–Trinajstić information content (AvgIpc) is 2.80. The zero-order chi connectivity index (χ0) is 15.0. The lowest BCUT2D eigenvalue weighted by Gasteiger charge is -2.08. The molecular weight excluding hydrogens is 300 g/mol. The summed E-state index contributed by atoms with van der Waals surface area (Å²) in [5, 5.41) is 15.4. The first-order chi connectivity index (χ1) is 10.0. The van der Waals surface area contributed by atoms with Gasteiger partial charge in [-0.25, -0.2) is 24.1 Å². The maximum Gasteiger partial charge on any atom is 0.348 e. The van der Waals surface area contributed by atoms with Crippen molar-refractivity contribution in [2.75, 3.05) is 0 Å². The van der Waals surface area contributed by atoms with Gasteiger partial charge in [-0.3, -0.25) is 0 Å². The third kappa shape index (κ3) is 2.43. The number of hydrogen-bond donors (Lipinski definition) is 2. The molecule has 3 rings (SSSR count). The van der Waals surface area contributed by atoms with Crippen molar-refractivity contribution in [1.82, 2.24) is 19.6 Å².